The lowest BCUT2D eigenvalue weighted by molar-refractivity contribution is 0.415. The molecule has 0 radical (unpaired) electrons. The minimum atomic E-state index is 0.0486. The van der Waals surface area contributed by atoms with Crippen LogP contribution >= 0.6 is 11.8 Å². The first-order valence-electron chi connectivity index (χ1n) is 9.26. The molecule has 2 aromatic carbocycles. The van der Waals surface area contributed by atoms with E-state index in [4.69, 9.17) is 4.74 Å². The first-order valence-corrected chi connectivity index (χ1v) is 10.2. The fourth-order valence-electron chi connectivity index (χ4n) is 3.37. The molecule has 4 aromatic rings. The van der Waals surface area contributed by atoms with Crippen molar-refractivity contribution >= 4 is 22.7 Å². The van der Waals surface area contributed by atoms with E-state index < -0.39 is 0 Å². The van der Waals surface area contributed by atoms with Crippen molar-refractivity contribution in [3.63, 3.8) is 0 Å². The number of benzene rings is 2. The van der Waals surface area contributed by atoms with Gasteiger partial charge in [-0.3, -0.25) is 4.79 Å². The van der Waals surface area contributed by atoms with Gasteiger partial charge in [0.25, 0.3) is 0 Å². The van der Waals surface area contributed by atoms with Crippen LogP contribution in [-0.2, 0) is 12.8 Å². The highest BCUT2D eigenvalue weighted by molar-refractivity contribution is 7.98. The average Bonchev–Trinajstić information content (AvgIpc) is 3.09. The van der Waals surface area contributed by atoms with Gasteiger partial charge in [-0.05, 0) is 49.2 Å². The maximum atomic E-state index is 12.6. The summed E-state index contributed by atoms with van der Waals surface area (Å²) in [5, 5.41) is 10.2. The van der Waals surface area contributed by atoms with Gasteiger partial charge < -0.3 is 14.3 Å². The number of methoxy groups -OCH3 is 1. The van der Waals surface area contributed by atoms with Gasteiger partial charge in [-0.2, -0.15) is 0 Å². The zero-order valence-electron chi connectivity index (χ0n) is 16.8. The average molecular weight is 407 g/mol. The summed E-state index contributed by atoms with van der Waals surface area (Å²) in [6, 6.07) is 13.4. The monoisotopic (exact) mass is 406 g/mol. The molecule has 0 aliphatic rings. The van der Waals surface area contributed by atoms with Gasteiger partial charge >= 0.3 is 0 Å². The number of aryl methyl sites for hydroxylation is 2. The molecule has 0 saturated heterocycles. The molecule has 29 heavy (non-hydrogen) atoms. The van der Waals surface area contributed by atoms with Crippen molar-refractivity contribution in [2.75, 3.05) is 7.11 Å². The topological polar surface area (TPSA) is 72.8 Å². The fraction of sp³-hybridized carbons (Fsp3) is 0.227. The predicted octanol–water partition coefficient (Wildman–Crippen LogP) is 4.24. The quantitative estimate of drug-likeness (QED) is 0.502. The van der Waals surface area contributed by atoms with Crippen molar-refractivity contribution in [3.8, 4) is 17.1 Å². The van der Waals surface area contributed by atoms with E-state index in [0.29, 0.717) is 5.75 Å². The summed E-state index contributed by atoms with van der Waals surface area (Å²) in [6.07, 6.45) is 0. The third-order valence-corrected chi connectivity index (χ3v) is 6.07. The summed E-state index contributed by atoms with van der Waals surface area (Å²) in [5.74, 6) is 2.19. The van der Waals surface area contributed by atoms with Crippen LogP contribution in [0.4, 0.5) is 0 Å². The third-order valence-electron chi connectivity index (χ3n) is 5.00. The second kappa shape index (κ2) is 7.75. The first-order chi connectivity index (χ1) is 14.0. The van der Waals surface area contributed by atoms with Crippen molar-refractivity contribution in [1.82, 2.24) is 19.7 Å². The van der Waals surface area contributed by atoms with Gasteiger partial charge in [-0.1, -0.05) is 23.9 Å². The van der Waals surface area contributed by atoms with Crippen LogP contribution in [0, 0.1) is 13.8 Å². The number of thioether (sulfide) groups is 1. The van der Waals surface area contributed by atoms with E-state index in [1.165, 1.54) is 0 Å². The SMILES string of the molecule is COc1ccc(-c2nnc(SCc3cc(=O)c4c(C)ccc(C)c4[nH]3)n2C)cc1. The van der Waals surface area contributed by atoms with Crippen molar-refractivity contribution in [3.05, 3.63) is 69.5 Å². The van der Waals surface area contributed by atoms with Crippen LogP contribution in [0.15, 0.2) is 52.4 Å². The van der Waals surface area contributed by atoms with Gasteiger partial charge in [-0.15, -0.1) is 10.2 Å². The number of H-pyrrole nitrogens is 1. The number of nitrogens with zero attached hydrogens (tertiary/aromatic N) is 3. The summed E-state index contributed by atoms with van der Waals surface area (Å²) in [4.78, 5) is 16.0. The first kappa shape index (κ1) is 19.3. The highest BCUT2D eigenvalue weighted by atomic mass is 32.2. The van der Waals surface area contributed by atoms with E-state index in [0.717, 1.165) is 50.0 Å². The van der Waals surface area contributed by atoms with Crippen LogP contribution < -0.4 is 10.2 Å². The van der Waals surface area contributed by atoms with Gasteiger partial charge in [0.05, 0.1) is 12.6 Å². The number of hydrogen-bond donors (Lipinski definition) is 1. The molecule has 148 valence electrons. The highest BCUT2D eigenvalue weighted by Gasteiger charge is 2.13. The number of pyridine rings is 1. The maximum Gasteiger partial charge on any atom is 0.191 e. The van der Waals surface area contributed by atoms with Crippen molar-refractivity contribution < 1.29 is 4.74 Å². The number of hydrogen-bond acceptors (Lipinski definition) is 5. The zero-order chi connectivity index (χ0) is 20.5. The highest BCUT2D eigenvalue weighted by Crippen LogP contribution is 2.26. The van der Waals surface area contributed by atoms with Gasteiger partial charge in [-0.25, -0.2) is 0 Å². The Hall–Kier alpha value is -3.06. The van der Waals surface area contributed by atoms with E-state index in [9.17, 15) is 4.79 Å². The molecule has 0 amide bonds. The number of aromatic amines is 1. The van der Waals surface area contributed by atoms with Crippen LogP contribution in [-0.4, -0.2) is 26.9 Å². The minimum Gasteiger partial charge on any atom is -0.497 e. The lowest BCUT2D eigenvalue weighted by Gasteiger charge is -2.09. The second-order valence-electron chi connectivity index (χ2n) is 6.99. The Morgan fingerprint density at radius 2 is 1.79 bits per heavy atom. The van der Waals surface area contributed by atoms with Crippen molar-refractivity contribution in [2.24, 2.45) is 7.05 Å². The molecular weight excluding hydrogens is 384 g/mol. The maximum absolute atomic E-state index is 12.6. The molecule has 0 bridgehead atoms. The summed E-state index contributed by atoms with van der Waals surface area (Å²) in [6.45, 7) is 3.98. The molecule has 1 N–H and O–H groups in total. The molecule has 0 aliphatic carbocycles. The summed E-state index contributed by atoms with van der Waals surface area (Å²) < 4.78 is 7.17. The molecule has 0 aliphatic heterocycles. The largest absolute Gasteiger partial charge is 0.497 e. The van der Waals surface area contributed by atoms with E-state index in [1.54, 1.807) is 24.9 Å². The Bertz CT molecular complexity index is 1240. The van der Waals surface area contributed by atoms with E-state index in [2.05, 4.69) is 15.2 Å². The van der Waals surface area contributed by atoms with Gasteiger partial charge in [0.2, 0.25) is 0 Å². The fourth-order valence-corrected chi connectivity index (χ4v) is 4.19. The number of rotatable bonds is 5. The standard InChI is InChI=1S/C22H22N4O2S/c1-13-5-6-14(2)20-19(13)18(27)11-16(23-20)12-29-22-25-24-21(26(22)3)15-7-9-17(28-4)10-8-15/h5-11H,12H2,1-4H3,(H,23,27). The number of aromatic nitrogens is 4. The smallest absolute Gasteiger partial charge is 0.191 e. The number of nitrogens with one attached hydrogen (secondary N) is 1. The molecule has 6 nitrogen and oxygen atoms in total. The Morgan fingerprint density at radius 3 is 2.52 bits per heavy atom. The van der Waals surface area contributed by atoms with Crippen molar-refractivity contribution in [2.45, 2.75) is 24.8 Å². The van der Waals surface area contributed by atoms with Crippen LogP contribution in [0.2, 0.25) is 0 Å². The van der Waals surface area contributed by atoms with Crippen LogP contribution in [0.25, 0.3) is 22.3 Å². The Morgan fingerprint density at radius 1 is 1.07 bits per heavy atom. The third kappa shape index (κ3) is 3.65. The molecule has 0 saturated carbocycles. The molecule has 0 unspecified atom stereocenters. The summed E-state index contributed by atoms with van der Waals surface area (Å²) in [7, 11) is 3.59. The summed E-state index contributed by atoms with van der Waals surface area (Å²) in [5.41, 5.74) is 4.85. The number of fused-ring (bicyclic) bond motifs is 1. The minimum absolute atomic E-state index is 0.0486. The predicted molar refractivity (Wildman–Crippen MR) is 117 cm³/mol. The second-order valence-corrected chi connectivity index (χ2v) is 7.93. The van der Waals surface area contributed by atoms with E-state index >= 15 is 0 Å². The summed E-state index contributed by atoms with van der Waals surface area (Å²) >= 11 is 1.55. The Kier molecular flexibility index (Phi) is 5.15. The molecule has 0 atom stereocenters. The molecule has 4 rings (SSSR count). The molecular formula is C22H22N4O2S. The normalized spacial score (nSPS) is 11.2. The molecule has 7 heteroatoms. The molecule has 0 spiro atoms. The van der Waals surface area contributed by atoms with Crippen LogP contribution in [0.1, 0.15) is 16.8 Å². The lowest BCUT2D eigenvalue weighted by atomic mass is 10.0. The van der Waals surface area contributed by atoms with E-state index in [-0.39, 0.29) is 5.43 Å². The van der Waals surface area contributed by atoms with Gasteiger partial charge in [0, 0.05) is 35.5 Å². The van der Waals surface area contributed by atoms with Gasteiger partial charge in [0.15, 0.2) is 16.4 Å². The van der Waals surface area contributed by atoms with Crippen LogP contribution in [0.5, 0.6) is 5.75 Å². The molecule has 2 heterocycles. The Balaban J connectivity index is 1.59. The van der Waals surface area contributed by atoms with Crippen LogP contribution in [0.3, 0.4) is 0 Å². The molecule has 2 aromatic heterocycles. The lowest BCUT2D eigenvalue weighted by Crippen LogP contribution is -2.07. The van der Waals surface area contributed by atoms with Gasteiger partial charge in [0.1, 0.15) is 5.75 Å². The van der Waals surface area contributed by atoms with E-state index in [1.807, 2.05) is 61.9 Å². The van der Waals surface area contributed by atoms with Crippen molar-refractivity contribution in [1.29, 1.82) is 0 Å². The Labute approximate surface area is 172 Å². The number of ether oxygens (including phenoxy) is 1. The molecule has 0 fully saturated rings. The zero-order valence-corrected chi connectivity index (χ0v) is 17.6.